The number of thioether (sulfide) groups is 1. The van der Waals surface area contributed by atoms with Gasteiger partial charge in [0.25, 0.3) is 5.91 Å². The van der Waals surface area contributed by atoms with Gasteiger partial charge in [0.05, 0.1) is 23.1 Å². The molecule has 1 aromatic carbocycles. The second kappa shape index (κ2) is 7.80. The molecule has 0 spiro atoms. The number of nitrogens with zero attached hydrogens (tertiary/aromatic N) is 3. The van der Waals surface area contributed by atoms with E-state index in [4.69, 9.17) is 21.9 Å². The Morgan fingerprint density at radius 3 is 2.75 bits per heavy atom. The zero-order chi connectivity index (χ0) is 19.5. The van der Waals surface area contributed by atoms with Crippen LogP contribution in [-0.4, -0.2) is 20.1 Å². The van der Waals surface area contributed by atoms with Crippen LogP contribution in [0.3, 0.4) is 0 Å². The number of pyridine rings is 1. The Kier molecular flexibility index (Phi) is 5.06. The van der Waals surface area contributed by atoms with E-state index in [0.29, 0.717) is 32.9 Å². The van der Waals surface area contributed by atoms with Crippen molar-refractivity contribution in [3.63, 3.8) is 0 Å². The minimum Gasteiger partial charge on any atom is -0.457 e. The Bertz CT molecular complexity index is 1110. The number of hydrogen-bond donors (Lipinski definition) is 0. The average molecular weight is 403 g/mol. The number of rotatable bonds is 4. The van der Waals surface area contributed by atoms with E-state index in [0.717, 1.165) is 11.1 Å². The van der Waals surface area contributed by atoms with Crippen molar-refractivity contribution in [1.29, 1.82) is 5.26 Å². The molecular weight excluding hydrogens is 390 g/mol. The summed E-state index contributed by atoms with van der Waals surface area (Å²) in [6, 6.07) is 16.6. The SMILES string of the molecule is N#Cc1ccc(-c2ccc(C=C3SC(=S)N(Cc4cccnc4)C3=O)o2)cc1. The molecule has 28 heavy (non-hydrogen) atoms. The predicted octanol–water partition coefficient (Wildman–Crippen LogP) is 4.61. The van der Waals surface area contributed by atoms with E-state index in [1.807, 2.05) is 30.3 Å². The highest BCUT2D eigenvalue weighted by Crippen LogP contribution is 2.34. The van der Waals surface area contributed by atoms with E-state index in [9.17, 15) is 4.79 Å². The summed E-state index contributed by atoms with van der Waals surface area (Å²) in [7, 11) is 0. The van der Waals surface area contributed by atoms with Crippen LogP contribution >= 0.6 is 24.0 Å². The van der Waals surface area contributed by atoms with Crippen LogP contribution in [0.2, 0.25) is 0 Å². The molecule has 3 heterocycles. The Morgan fingerprint density at radius 1 is 1.21 bits per heavy atom. The standard InChI is InChI=1S/C21H13N3O2S2/c22-11-14-3-5-16(6-4-14)18-8-7-17(26-18)10-19-20(25)24(21(27)28-19)13-15-2-1-9-23-12-15/h1-10,12H,13H2. The lowest BCUT2D eigenvalue weighted by Crippen LogP contribution is -2.27. The van der Waals surface area contributed by atoms with E-state index in [2.05, 4.69) is 11.1 Å². The third-order valence-corrected chi connectivity index (χ3v) is 5.51. The summed E-state index contributed by atoms with van der Waals surface area (Å²) in [6.45, 7) is 0.393. The minimum absolute atomic E-state index is 0.143. The van der Waals surface area contributed by atoms with Crippen LogP contribution in [0.5, 0.6) is 0 Å². The summed E-state index contributed by atoms with van der Waals surface area (Å²) in [5.41, 5.74) is 2.37. The number of carbonyl (C=O) groups excluding carboxylic acids is 1. The molecule has 0 radical (unpaired) electrons. The Morgan fingerprint density at radius 2 is 2.04 bits per heavy atom. The Labute approximate surface area is 171 Å². The lowest BCUT2D eigenvalue weighted by Gasteiger charge is -2.13. The van der Waals surface area contributed by atoms with Gasteiger partial charge in [-0.05, 0) is 48.0 Å². The molecule has 5 nitrogen and oxygen atoms in total. The number of aromatic nitrogens is 1. The Balaban J connectivity index is 1.53. The van der Waals surface area contributed by atoms with E-state index in [-0.39, 0.29) is 5.91 Å². The van der Waals surface area contributed by atoms with Crippen LogP contribution < -0.4 is 0 Å². The van der Waals surface area contributed by atoms with Gasteiger partial charge in [0.15, 0.2) is 0 Å². The predicted molar refractivity (Wildman–Crippen MR) is 112 cm³/mol. The highest BCUT2D eigenvalue weighted by molar-refractivity contribution is 8.26. The van der Waals surface area contributed by atoms with Crippen molar-refractivity contribution in [2.75, 3.05) is 0 Å². The van der Waals surface area contributed by atoms with Gasteiger partial charge in [-0.15, -0.1) is 0 Å². The molecule has 7 heteroatoms. The van der Waals surface area contributed by atoms with E-state index >= 15 is 0 Å². The number of amides is 1. The number of carbonyl (C=O) groups is 1. The van der Waals surface area contributed by atoms with Crippen molar-refractivity contribution in [2.24, 2.45) is 0 Å². The molecule has 0 saturated carbocycles. The fourth-order valence-electron chi connectivity index (χ4n) is 2.73. The summed E-state index contributed by atoms with van der Waals surface area (Å²) in [6.07, 6.45) is 5.12. The van der Waals surface area contributed by atoms with E-state index in [1.165, 1.54) is 11.8 Å². The smallest absolute Gasteiger partial charge is 0.266 e. The number of hydrogen-bond acceptors (Lipinski definition) is 6. The number of nitriles is 1. The van der Waals surface area contributed by atoms with Gasteiger partial charge in [0, 0.05) is 24.0 Å². The molecule has 0 aliphatic carbocycles. The van der Waals surface area contributed by atoms with Crippen molar-refractivity contribution < 1.29 is 9.21 Å². The highest BCUT2D eigenvalue weighted by atomic mass is 32.2. The van der Waals surface area contributed by atoms with Crippen LogP contribution in [0.25, 0.3) is 17.4 Å². The second-order valence-corrected chi connectivity index (χ2v) is 7.70. The first kappa shape index (κ1) is 18.2. The molecule has 3 aromatic rings. The second-order valence-electron chi connectivity index (χ2n) is 6.02. The van der Waals surface area contributed by atoms with Gasteiger partial charge in [0.1, 0.15) is 15.8 Å². The van der Waals surface area contributed by atoms with E-state index < -0.39 is 0 Å². The molecule has 4 rings (SSSR count). The number of benzene rings is 1. The normalized spacial score (nSPS) is 15.2. The lowest BCUT2D eigenvalue weighted by molar-refractivity contribution is -0.122. The zero-order valence-electron chi connectivity index (χ0n) is 14.5. The molecule has 1 fully saturated rings. The molecule has 136 valence electrons. The van der Waals surface area contributed by atoms with Gasteiger partial charge in [-0.3, -0.25) is 14.7 Å². The summed E-state index contributed by atoms with van der Waals surface area (Å²) < 4.78 is 6.36. The average Bonchev–Trinajstić information content (AvgIpc) is 3.29. The molecule has 0 atom stereocenters. The van der Waals surface area contributed by atoms with Crippen molar-refractivity contribution in [3.8, 4) is 17.4 Å². The maximum Gasteiger partial charge on any atom is 0.266 e. The summed E-state index contributed by atoms with van der Waals surface area (Å²) in [4.78, 5) is 18.9. The Hall–Kier alpha value is -3.21. The van der Waals surface area contributed by atoms with Crippen molar-refractivity contribution in [2.45, 2.75) is 6.54 Å². The van der Waals surface area contributed by atoms with Crippen molar-refractivity contribution >= 4 is 40.3 Å². The molecule has 1 aliphatic heterocycles. The number of furan rings is 1. The molecule has 1 saturated heterocycles. The first-order chi connectivity index (χ1) is 13.6. The zero-order valence-corrected chi connectivity index (χ0v) is 16.2. The van der Waals surface area contributed by atoms with Crippen molar-refractivity contribution in [3.05, 3.63) is 82.7 Å². The molecule has 0 N–H and O–H groups in total. The first-order valence-electron chi connectivity index (χ1n) is 8.39. The first-order valence-corrected chi connectivity index (χ1v) is 9.61. The molecular formula is C21H13N3O2S2. The molecule has 2 aromatic heterocycles. The van der Waals surface area contributed by atoms with Crippen LogP contribution in [0.15, 0.2) is 70.2 Å². The van der Waals surface area contributed by atoms with Gasteiger partial charge < -0.3 is 4.42 Å². The van der Waals surface area contributed by atoms with Crippen LogP contribution in [-0.2, 0) is 11.3 Å². The van der Waals surface area contributed by atoms with Crippen LogP contribution in [0, 0.1) is 11.3 Å². The monoisotopic (exact) mass is 403 g/mol. The summed E-state index contributed by atoms with van der Waals surface area (Å²) in [5, 5.41) is 8.89. The largest absolute Gasteiger partial charge is 0.457 e. The molecule has 1 aliphatic rings. The third kappa shape index (κ3) is 3.74. The molecule has 1 amide bonds. The van der Waals surface area contributed by atoms with Crippen LogP contribution in [0.4, 0.5) is 0 Å². The number of thiocarbonyl (C=S) groups is 1. The van der Waals surface area contributed by atoms with Gasteiger partial charge >= 0.3 is 0 Å². The fourth-order valence-corrected chi connectivity index (χ4v) is 3.97. The summed E-state index contributed by atoms with van der Waals surface area (Å²) >= 11 is 6.62. The fraction of sp³-hybridized carbons (Fsp3) is 0.0476. The molecule has 0 bridgehead atoms. The topological polar surface area (TPSA) is 70.1 Å². The maximum absolute atomic E-state index is 12.7. The lowest BCUT2D eigenvalue weighted by atomic mass is 10.1. The van der Waals surface area contributed by atoms with E-state index in [1.54, 1.807) is 41.6 Å². The van der Waals surface area contributed by atoms with Crippen molar-refractivity contribution in [1.82, 2.24) is 9.88 Å². The maximum atomic E-state index is 12.7. The minimum atomic E-state index is -0.143. The quantitative estimate of drug-likeness (QED) is 0.468. The highest BCUT2D eigenvalue weighted by Gasteiger charge is 2.32. The van der Waals surface area contributed by atoms with Gasteiger partial charge in [-0.1, -0.05) is 30.0 Å². The van der Waals surface area contributed by atoms with Crippen LogP contribution in [0.1, 0.15) is 16.9 Å². The third-order valence-electron chi connectivity index (χ3n) is 4.14. The van der Waals surface area contributed by atoms with Gasteiger partial charge in [-0.2, -0.15) is 5.26 Å². The van der Waals surface area contributed by atoms with Gasteiger partial charge in [-0.25, -0.2) is 0 Å². The molecule has 0 unspecified atom stereocenters. The van der Waals surface area contributed by atoms with Gasteiger partial charge in [0.2, 0.25) is 0 Å². The summed E-state index contributed by atoms with van der Waals surface area (Å²) in [5.74, 6) is 1.10.